The van der Waals surface area contributed by atoms with Gasteiger partial charge >= 0.3 is 12.1 Å². The molecule has 1 saturated carbocycles. The minimum Gasteiger partial charge on any atom is -0.492 e. The summed E-state index contributed by atoms with van der Waals surface area (Å²) in [6.45, 7) is 7.18. The highest BCUT2D eigenvalue weighted by Gasteiger charge is 2.38. The van der Waals surface area contributed by atoms with Crippen molar-refractivity contribution in [3.63, 3.8) is 0 Å². The summed E-state index contributed by atoms with van der Waals surface area (Å²) in [5, 5.41) is 7.89. The normalized spacial score (nSPS) is 20.1. The molecule has 2 saturated heterocycles. The molecule has 2 heterocycles. The van der Waals surface area contributed by atoms with Crippen LogP contribution in [0.4, 0.5) is 13.2 Å². The maximum absolute atomic E-state index is 13.1. The van der Waals surface area contributed by atoms with E-state index in [9.17, 15) is 18.0 Å². The van der Waals surface area contributed by atoms with Crippen LogP contribution in [0.1, 0.15) is 68.9 Å². The van der Waals surface area contributed by atoms with Crippen molar-refractivity contribution in [2.24, 2.45) is 5.92 Å². The number of benzene rings is 2. The number of rotatable bonds is 8. The first-order valence-corrected chi connectivity index (χ1v) is 15.8. The summed E-state index contributed by atoms with van der Waals surface area (Å²) >= 11 is 6.76. The first-order chi connectivity index (χ1) is 20.5. The maximum atomic E-state index is 13.1. The third-order valence-corrected chi connectivity index (χ3v) is 9.11. The highest BCUT2D eigenvalue weighted by atomic mass is 35.5. The van der Waals surface area contributed by atoms with Gasteiger partial charge in [-0.3, -0.25) is 9.69 Å². The Morgan fingerprint density at radius 3 is 2.28 bits per heavy atom. The van der Waals surface area contributed by atoms with E-state index in [1.54, 1.807) is 0 Å². The number of likely N-dealkylation sites (tertiary alicyclic amines) is 2. The van der Waals surface area contributed by atoms with Gasteiger partial charge in [-0.1, -0.05) is 55.5 Å². The second-order valence-corrected chi connectivity index (χ2v) is 12.3. The molecule has 0 aromatic heterocycles. The van der Waals surface area contributed by atoms with Crippen molar-refractivity contribution >= 4 is 23.5 Å². The molecule has 2 aliphatic heterocycles. The molecule has 1 aliphatic carbocycles. The fourth-order valence-corrected chi connectivity index (χ4v) is 6.64. The first-order valence-electron chi connectivity index (χ1n) is 15.4. The van der Waals surface area contributed by atoms with E-state index in [4.69, 9.17) is 26.2 Å². The lowest BCUT2D eigenvalue weighted by Crippen LogP contribution is -2.39. The summed E-state index contributed by atoms with van der Waals surface area (Å²) in [6, 6.07) is 13.1. The molecule has 0 radical (unpaired) electrons. The molecule has 3 fully saturated rings. The van der Waals surface area contributed by atoms with Gasteiger partial charge in [0.05, 0.1) is 0 Å². The van der Waals surface area contributed by atoms with E-state index in [2.05, 4.69) is 53.1 Å². The number of halogens is 4. The van der Waals surface area contributed by atoms with Crippen molar-refractivity contribution < 1.29 is 32.6 Å². The molecule has 43 heavy (non-hydrogen) atoms. The highest BCUT2D eigenvalue weighted by Crippen LogP contribution is 2.34. The number of carbonyl (C=O) groups excluding carboxylic acids is 1. The molecule has 0 spiro atoms. The van der Waals surface area contributed by atoms with Gasteiger partial charge in [0.1, 0.15) is 12.4 Å². The largest absolute Gasteiger partial charge is 0.492 e. The fraction of sp³-hybridized carbons (Fsp3) is 0.576. The lowest BCUT2D eigenvalue weighted by atomic mass is 9.93. The molecule has 1 atom stereocenters. The number of piperidine rings is 1. The number of carboxylic acids is 1. The molecular weight excluding hydrogens is 581 g/mol. The highest BCUT2D eigenvalue weighted by molar-refractivity contribution is 6.31. The van der Waals surface area contributed by atoms with Crippen LogP contribution in [-0.4, -0.2) is 71.8 Å². The van der Waals surface area contributed by atoms with E-state index >= 15 is 0 Å². The van der Waals surface area contributed by atoms with E-state index in [1.807, 2.05) is 0 Å². The van der Waals surface area contributed by atoms with Crippen molar-refractivity contribution in [2.45, 2.75) is 83.4 Å². The topological polar surface area (TPSA) is 70.1 Å². The van der Waals surface area contributed by atoms with E-state index in [1.165, 1.54) is 75.6 Å². The number of carboxylic acid groups (broad SMARTS) is 1. The van der Waals surface area contributed by atoms with Gasteiger partial charge in [-0.25, -0.2) is 4.79 Å². The molecule has 1 unspecified atom stereocenters. The van der Waals surface area contributed by atoms with Gasteiger partial charge in [-0.05, 0) is 99.0 Å². The number of hydrogen-bond donors (Lipinski definition) is 1. The molecule has 2 aromatic rings. The molecule has 1 amide bonds. The van der Waals surface area contributed by atoms with Crippen LogP contribution in [-0.2, 0) is 16.0 Å². The van der Waals surface area contributed by atoms with Crippen LogP contribution in [0.5, 0.6) is 5.75 Å². The molecule has 5 rings (SSSR count). The Morgan fingerprint density at radius 1 is 0.977 bits per heavy atom. The third-order valence-electron chi connectivity index (χ3n) is 8.76. The fourth-order valence-electron chi connectivity index (χ4n) is 6.38. The van der Waals surface area contributed by atoms with Gasteiger partial charge in [0.15, 0.2) is 0 Å². The SMILES string of the molecule is Cc1cc(OCCN2CCCCC2)ccc1-c1ccc(CC2CCN(C3CCCCC3)C2=O)c(Cl)c1.O=C(O)C(F)(F)F. The molecule has 236 valence electrons. The quantitative estimate of drug-likeness (QED) is 0.329. The number of carbonyl (C=O) groups is 2. The molecule has 3 aliphatic rings. The van der Waals surface area contributed by atoms with Crippen LogP contribution in [0.3, 0.4) is 0 Å². The Bertz CT molecular complexity index is 1240. The summed E-state index contributed by atoms with van der Waals surface area (Å²) in [5.74, 6) is -1.42. The third kappa shape index (κ3) is 9.35. The van der Waals surface area contributed by atoms with Crippen LogP contribution in [0, 0.1) is 12.8 Å². The Hall–Kier alpha value is -2.78. The number of aryl methyl sites for hydroxylation is 1. The minimum atomic E-state index is -5.08. The Morgan fingerprint density at radius 2 is 1.65 bits per heavy atom. The van der Waals surface area contributed by atoms with Crippen molar-refractivity contribution in [3.05, 3.63) is 52.5 Å². The van der Waals surface area contributed by atoms with Crippen LogP contribution < -0.4 is 4.74 Å². The van der Waals surface area contributed by atoms with Crippen LogP contribution in [0.2, 0.25) is 5.02 Å². The summed E-state index contributed by atoms with van der Waals surface area (Å²) in [7, 11) is 0. The Labute approximate surface area is 257 Å². The van der Waals surface area contributed by atoms with Crippen LogP contribution in [0.25, 0.3) is 11.1 Å². The molecule has 0 bridgehead atoms. The van der Waals surface area contributed by atoms with Gasteiger partial charge in [0.2, 0.25) is 5.91 Å². The smallest absolute Gasteiger partial charge is 0.490 e. The predicted octanol–water partition coefficient (Wildman–Crippen LogP) is 7.54. The average Bonchev–Trinajstić information content (AvgIpc) is 3.34. The summed E-state index contributed by atoms with van der Waals surface area (Å²) in [6.07, 6.45) is 6.78. The maximum Gasteiger partial charge on any atom is 0.490 e. The Balaban J connectivity index is 0.000000541. The van der Waals surface area contributed by atoms with Crippen molar-refractivity contribution in [2.75, 3.05) is 32.8 Å². The number of aliphatic carboxylic acids is 1. The van der Waals surface area contributed by atoms with Crippen LogP contribution in [0.15, 0.2) is 36.4 Å². The van der Waals surface area contributed by atoms with E-state index in [0.29, 0.717) is 11.9 Å². The minimum absolute atomic E-state index is 0.0679. The number of alkyl halides is 3. The van der Waals surface area contributed by atoms with Gasteiger partial charge in [-0.2, -0.15) is 13.2 Å². The standard InChI is InChI=1S/C31H41ClN2O2.C2HF3O2/c1-23-20-28(36-19-18-33-15-6-3-7-16-33)12-13-29(23)24-10-11-25(30(32)22-24)21-26-14-17-34(31(26)35)27-8-4-2-5-9-27;3-2(4,5)1(6)7/h10-13,20,22,26-27H,2-9,14-19,21H2,1H3;(H,6,7). The van der Waals surface area contributed by atoms with Gasteiger partial charge in [0.25, 0.3) is 0 Å². The molecule has 1 N–H and O–H groups in total. The van der Waals surface area contributed by atoms with E-state index in [0.717, 1.165) is 54.4 Å². The predicted molar refractivity (Wildman–Crippen MR) is 161 cm³/mol. The van der Waals surface area contributed by atoms with E-state index in [-0.39, 0.29) is 5.92 Å². The lowest BCUT2D eigenvalue weighted by molar-refractivity contribution is -0.192. The molecule has 2 aromatic carbocycles. The zero-order valence-corrected chi connectivity index (χ0v) is 25.6. The van der Waals surface area contributed by atoms with E-state index < -0.39 is 12.1 Å². The second-order valence-electron chi connectivity index (χ2n) is 11.8. The van der Waals surface area contributed by atoms with Crippen molar-refractivity contribution in [3.8, 4) is 16.9 Å². The summed E-state index contributed by atoms with van der Waals surface area (Å²) in [5.41, 5.74) is 4.55. The molecular formula is C33H42ClF3N2O4. The zero-order chi connectivity index (χ0) is 31.0. The number of nitrogens with zero attached hydrogens (tertiary/aromatic N) is 2. The van der Waals surface area contributed by atoms with Gasteiger partial charge in [-0.15, -0.1) is 0 Å². The van der Waals surface area contributed by atoms with Crippen molar-refractivity contribution in [1.82, 2.24) is 9.80 Å². The summed E-state index contributed by atoms with van der Waals surface area (Å²) in [4.78, 5) is 26.7. The first kappa shape index (κ1) is 33.1. The lowest BCUT2D eigenvalue weighted by Gasteiger charge is -2.31. The molecule has 10 heteroatoms. The number of amides is 1. The average molecular weight is 623 g/mol. The molecule has 6 nitrogen and oxygen atoms in total. The Kier molecular flexibility index (Phi) is 11.8. The summed E-state index contributed by atoms with van der Waals surface area (Å²) < 4.78 is 37.8. The number of ether oxygens (including phenoxy) is 1. The van der Waals surface area contributed by atoms with Gasteiger partial charge < -0.3 is 14.7 Å². The zero-order valence-electron chi connectivity index (χ0n) is 24.8. The van der Waals surface area contributed by atoms with Gasteiger partial charge in [0, 0.05) is 30.1 Å². The van der Waals surface area contributed by atoms with Crippen LogP contribution >= 0.6 is 11.6 Å². The number of hydrogen-bond acceptors (Lipinski definition) is 4. The second kappa shape index (κ2) is 15.3. The monoisotopic (exact) mass is 622 g/mol. The van der Waals surface area contributed by atoms with Crippen molar-refractivity contribution in [1.29, 1.82) is 0 Å².